The number of carbonyl (C=O) groups excluding carboxylic acids is 1. The molecule has 5 nitrogen and oxygen atoms in total. The first-order valence-corrected chi connectivity index (χ1v) is 5.76. The Hall–Kier alpha value is -2.04. The zero-order valence-electron chi connectivity index (χ0n) is 10.5. The second kappa shape index (κ2) is 6.64. The number of hydrogen-bond donors (Lipinski definition) is 2. The van der Waals surface area contributed by atoms with Gasteiger partial charge in [0, 0.05) is 0 Å². The fourth-order valence-corrected chi connectivity index (χ4v) is 1.41. The van der Waals surface area contributed by atoms with Crippen LogP contribution in [0, 0.1) is 0 Å². The van der Waals surface area contributed by atoms with E-state index in [2.05, 4.69) is 5.32 Å². The molecule has 0 bridgehead atoms. The van der Waals surface area contributed by atoms with Gasteiger partial charge in [-0.15, -0.1) is 0 Å². The van der Waals surface area contributed by atoms with E-state index in [4.69, 9.17) is 9.84 Å². The number of hydrogen-bond acceptors (Lipinski definition) is 3. The molecule has 0 aromatic heterocycles. The Balaban J connectivity index is 2.51. The van der Waals surface area contributed by atoms with Gasteiger partial charge >= 0.3 is 5.97 Å². The van der Waals surface area contributed by atoms with Crippen molar-refractivity contribution < 1.29 is 19.4 Å². The molecule has 0 spiro atoms. The molecule has 0 aliphatic rings. The minimum Gasteiger partial charge on any atom is -0.494 e. The molecule has 0 fully saturated rings. The Morgan fingerprint density at radius 1 is 1.33 bits per heavy atom. The minimum absolute atomic E-state index is 0.157. The number of aliphatic carboxylic acids is 1. The zero-order chi connectivity index (χ0) is 13.5. The molecule has 0 unspecified atom stereocenters. The molecule has 0 saturated carbocycles. The van der Waals surface area contributed by atoms with E-state index in [1.165, 1.54) is 6.92 Å². The van der Waals surface area contributed by atoms with Crippen LogP contribution in [0.25, 0.3) is 0 Å². The van der Waals surface area contributed by atoms with Crippen molar-refractivity contribution >= 4 is 11.9 Å². The van der Waals surface area contributed by atoms with Gasteiger partial charge in [0.05, 0.1) is 13.0 Å². The highest BCUT2D eigenvalue weighted by molar-refractivity contribution is 5.84. The number of ether oxygens (including phenoxy) is 1. The second-order valence-electron chi connectivity index (χ2n) is 3.88. The summed E-state index contributed by atoms with van der Waals surface area (Å²) in [5.41, 5.74) is 0.813. The molecule has 18 heavy (non-hydrogen) atoms. The predicted octanol–water partition coefficient (Wildman–Crippen LogP) is 1.22. The molecule has 5 heteroatoms. The Kier molecular flexibility index (Phi) is 5.17. The lowest BCUT2D eigenvalue weighted by atomic mass is 10.1. The molecule has 1 rings (SSSR count). The van der Waals surface area contributed by atoms with Gasteiger partial charge in [-0.1, -0.05) is 12.1 Å². The molecule has 1 amide bonds. The predicted molar refractivity (Wildman–Crippen MR) is 66.6 cm³/mol. The molecular weight excluding hydrogens is 234 g/mol. The molecular formula is C13H17NO4. The standard InChI is InChI=1S/C13H17NO4/c1-3-18-11-6-4-10(5-7-11)8-12(15)14-9(2)13(16)17/h4-7,9H,3,8H2,1-2H3,(H,14,15)(H,16,17)/t9-/m1/s1. The third-order valence-electron chi connectivity index (χ3n) is 2.35. The lowest BCUT2D eigenvalue weighted by Crippen LogP contribution is -2.39. The maximum atomic E-state index is 11.5. The lowest BCUT2D eigenvalue weighted by molar-refractivity contribution is -0.141. The van der Waals surface area contributed by atoms with E-state index >= 15 is 0 Å². The third kappa shape index (κ3) is 4.45. The van der Waals surface area contributed by atoms with Crippen molar-refractivity contribution in [2.75, 3.05) is 6.61 Å². The molecule has 0 saturated heterocycles. The van der Waals surface area contributed by atoms with Crippen LogP contribution in [0.15, 0.2) is 24.3 Å². The highest BCUT2D eigenvalue weighted by Crippen LogP contribution is 2.12. The quantitative estimate of drug-likeness (QED) is 0.797. The van der Waals surface area contributed by atoms with Gasteiger partial charge in [-0.05, 0) is 31.5 Å². The van der Waals surface area contributed by atoms with Crippen LogP contribution in [0.5, 0.6) is 5.75 Å². The summed E-state index contributed by atoms with van der Waals surface area (Å²) in [6, 6.07) is 6.27. The van der Waals surface area contributed by atoms with E-state index < -0.39 is 12.0 Å². The summed E-state index contributed by atoms with van der Waals surface area (Å²) in [7, 11) is 0. The van der Waals surface area contributed by atoms with E-state index in [0.29, 0.717) is 6.61 Å². The summed E-state index contributed by atoms with van der Waals surface area (Å²) in [5, 5.41) is 11.1. The first-order valence-electron chi connectivity index (χ1n) is 5.76. The Morgan fingerprint density at radius 2 is 1.94 bits per heavy atom. The average molecular weight is 251 g/mol. The molecule has 0 radical (unpaired) electrons. The van der Waals surface area contributed by atoms with Gasteiger partial charge in [-0.3, -0.25) is 9.59 Å². The summed E-state index contributed by atoms with van der Waals surface area (Å²) in [4.78, 5) is 22.1. The largest absolute Gasteiger partial charge is 0.494 e. The lowest BCUT2D eigenvalue weighted by Gasteiger charge is -2.09. The van der Waals surface area contributed by atoms with Crippen LogP contribution in [-0.4, -0.2) is 29.6 Å². The summed E-state index contributed by atoms with van der Waals surface area (Å²) in [6.07, 6.45) is 0.157. The first-order chi connectivity index (χ1) is 8.52. The number of amides is 1. The summed E-state index contributed by atoms with van der Waals surface area (Å²) < 4.78 is 5.28. The monoisotopic (exact) mass is 251 g/mol. The van der Waals surface area contributed by atoms with Crippen LogP contribution < -0.4 is 10.1 Å². The van der Waals surface area contributed by atoms with Gasteiger partial charge in [0.25, 0.3) is 0 Å². The van der Waals surface area contributed by atoms with Crippen molar-refractivity contribution in [3.63, 3.8) is 0 Å². The van der Waals surface area contributed by atoms with Gasteiger partial charge in [-0.25, -0.2) is 0 Å². The van der Waals surface area contributed by atoms with E-state index in [-0.39, 0.29) is 12.3 Å². The number of carbonyl (C=O) groups is 2. The number of rotatable bonds is 6. The highest BCUT2D eigenvalue weighted by atomic mass is 16.5. The second-order valence-corrected chi connectivity index (χ2v) is 3.88. The van der Waals surface area contributed by atoms with E-state index in [0.717, 1.165) is 11.3 Å². The number of carboxylic acid groups (broad SMARTS) is 1. The fourth-order valence-electron chi connectivity index (χ4n) is 1.41. The van der Waals surface area contributed by atoms with E-state index in [1.54, 1.807) is 24.3 Å². The van der Waals surface area contributed by atoms with Crippen molar-refractivity contribution in [3.8, 4) is 5.75 Å². The van der Waals surface area contributed by atoms with E-state index in [1.807, 2.05) is 6.92 Å². The van der Waals surface area contributed by atoms with Crippen LogP contribution >= 0.6 is 0 Å². The van der Waals surface area contributed by atoms with Crippen LogP contribution in [0.2, 0.25) is 0 Å². The maximum Gasteiger partial charge on any atom is 0.325 e. The Morgan fingerprint density at radius 3 is 2.44 bits per heavy atom. The van der Waals surface area contributed by atoms with Crippen molar-refractivity contribution in [2.45, 2.75) is 26.3 Å². The minimum atomic E-state index is -1.05. The maximum absolute atomic E-state index is 11.5. The number of benzene rings is 1. The van der Waals surface area contributed by atoms with Gasteiger partial charge in [0.2, 0.25) is 5.91 Å². The molecule has 2 N–H and O–H groups in total. The molecule has 1 atom stereocenters. The molecule has 0 aliphatic heterocycles. The molecule has 0 heterocycles. The third-order valence-corrected chi connectivity index (χ3v) is 2.35. The Bertz CT molecular complexity index is 414. The highest BCUT2D eigenvalue weighted by Gasteiger charge is 2.13. The molecule has 0 aliphatic carbocycles. The van der Waals surface area contributed by atoms with E-state index in [9.17, 15) is 9.59 Å². The summed E-state index contributed by atoms with van der Waals surface area (Å²) in [5.74, 6) is -0.607. The van der Waals surface area contributed by atoms with Crippen molar-refractivity contribution in [3.05, 3.63) is 29.8 Å². The zero-order valence-corrected chi connectivity index (χ0v) is 10.5. The van der Waals surface area contributed by atoms with Crippen molar-refractivity contribution in [2.24, 2.45) is 0 Å². The smallest absolute Gasteiger partial charge is 0.325 e. The molecule has 1 aromatic rings. The van der Waals surface area contributed by atoms with Gasteiger partial charge in [-0.2, -0.15) is 0 Å². The average Bonchev–Trinajstić information content (AvgIpc) is 2.31. The van der Waals surface area contributed by atoms with Crippen LogP contribution in [-0.2, 0) is 16.0 Å². The van der Waals surface area contributed by atoms with Crippen LogP contribution in [0.3, 0.4) is 0 Å². The number of nitrogens with one attached hydrogen (secondary N) is 1. The van der Waals surface area contributed by atoms with Crippen molar-refractivity contribution in [1.29, 1.82) is 0 Å². The topological polar surface area (TPSA) is 75.6 Å². The fraction of sp³-hybridized carbons (Fsp3) is 0.385. The van der Waals surface area contributed by atoms with Gasteiger partial charge < -0.3 is 15.2 Å². The molecule has 1 aromatic carbocycles. The van der Waals surface area contributed by atoms with Crippen molar-refractivity contribution in [1.82, 2.24) is 5.32 Å². The SMILES string of the molecule is CCOc1ccc(CC(=O)N[C@H](C)C(=O)O)cc1. The Labute approximate surface area is 106 Å². The number of carboxylic acids is 1. The molecule has 98 valence electrons. The van der Waals surface area contributed by atoms with Gasteiger partial charge in [0.1, 0.15) is 11.8 Å². The van der Waals surface area contributed by atoms with Crippen LogP contribution in [0.1, 0.15) is 19.4 Å². The normalized spacial score (nSPS) is 11.7. The van der Waals surface area contributed by atoms with Gasteiger partial charge in [0.15, 0.2) is 0 Å². The summed E-state index contributed by atoms with van der Waals surface area (Å²) in [6.45, 7) is 3.92. The van der Waals surface area contributed by atoms with Crippen LogP contribution in [0.4, 0.5) is 0 Å². The first kappa shape index (κ1) is 14.0. The summed E-state index contributed by atoms with van der Waals surface area (Å²) >= 11 is 0.